The summed E-state index contributed by atoms with van der Waals surface area (Å²) < 4.78 is 23.7. The van der Waals surface area contributed by atoms with Gasteiger partial charge in [-0.3, -0.25) is 4.90 Å². The first-order valence-corrected chi connectivity index (χ1v) is 9.29. The third kappa shape index (κ3) is 3.16. The lowest BCUT2D eigenvalue weighted by atomic mass is 9.93. The summed E-state index contributed by atoms with van der Waals surface area (Å²) >= 11 is 1.96. The summed E-state index contributed by atoms with van der Waals surface area (Å²) in [5.74, 6) is 2.89. The Morgan fingerprint density at radius 1 is 1.24 bits per heavy atom. The normalized spacial score (nSPS) is 35.4. The third-order valence-electron chi connectivity index (χ3n) is 3.86. The van der Waals surface area contributed by atoms with Crippen LogP contribution in [0.3, 0.4) is 0 Å². The molecule has 2 saturated heterocycles. The number of hydrogen-bond donors (Lipinski definition) is 1. The Labute approximate surface area is 108 Å². The summed E-state index contributed by atoms with van der Waals surface area (Å²) in [5.41, 5.74) is 5.65. The molecule has 17 heavy (non-hydrogen) atoms. The van der Waals surface area contributed by atoms with Crippen LogP contribution < -0.4 is 5.73 Å². The van der Waals surface area contributed by atoms with Crippen LogP contribution in [0.25, 0.3) is 0 Å². The van der Waals surface area contributed by atoms with E-state index in [1.165, 1.54) is 5.75 Å². The molecule has 0 aromatic rings. The van der Waals surface area contributed by atoms with Crippen molar-refractivity contribution >= 4 is 21.6 Å². The SMILES string of the molecule is NCC1(N2CCCSCC2)CCCS(=O)(=O)C1. The highest BCUT2D eigenvalue weighted by Crippen LogP contribution is 2.30. The van der Waals surface area contributed by atoms with Gasteiger partial charge in [0.2, 0.25) is 0 Å². The standard InChI is InChI=1S/C11H22N2O2S2/c12-9-11(3-1-8-17(14,15)10-11)13-4-2-6-16-7-5-13/h1-10,12H2. The van der Waals surface area contributed by atoms with Crippen LogP contribution in [0.5, 0.6) is 0 Å². The van der Waals surface area contributed by atoms with E-state index in [9.17, 15) is 8.42 Å². The predicted molar refractivity (Wildman–Crippen MR) is 73.2 cm³/mol. The number of nitrogens with zero attached hydrogens (tertiary/aromatic N) is 1. The average molecular weight is 278 g/mol. The maximum Gasteiger partial charge on any atom is 0.152 e. The van der Waals surface area contributed by atoms with E-state index >= 15 is 0 Å². The minimum atomic E-state index is -2.89. The Bertz CT molecular complexity index is 350. The van der Waals surface area contributed by atoms with E-state index in [0.717, 1.165) is 38.1 Å². The third-order valence-corrected chi connectivity index (χ3v) is 6.80. The minimum absolute atomic E-state index is 0.265. The molecule has 1 atom stereocenters. The molecule has 4 nitrogen and oxygen atoms in total. The van der Waals surface area contributed by atoms with Gasteiger partial charge in [-0.05, 0) is 31.6 Å². The summed E-state index contributed by atoms with van der Waals surface area (Å²) in [6.07, 6.45) is 2.85. The molecule has 0 saturated carbocycles. The number of rotatable bonds is 2. The van der Waals surface area contributed by atoms with Crippen molar-refractivity contribution in [1.82, 2.24) is 4.90 Å². The topological polar surface area (TPSA) is 63.4 Å². The van der Waals surface area contributed by atoms with Gasteiger partial charge in [0.15, 0.2) is 9.84 Å². The van der Waals surface area contributed by atoms with Gasteiger partial charge in [-0.1, -0.05) is 0 Å². The van der Waals surface area contributed by atoms with E-state index in [-0.39, 0.29) is 11.3 Å². The van der Waals surface area contributed by atoms with Crippen LogP contribution in [0.2, 0.25) is 0 Å². The molecule has 2 fully saturated rings. The molecule has 0 radical (unpaired) electrons. The summed E-state index contributed by atoms with van der Waals surface area (Å²) in [4.78, 5) is 2.35. The number of hydrogen-bond acceptors (Lipinski definition) is 5. The maximum absolute atomic E-state index is 11.9. The first-order valence-electron chi connectivity index (χ1n) is 6.31. The van der Waals surface area contributed by atoms with Gasteiger partial charge in [0.25, 0.3) is 0 Å². The molecule has 6 heteroatoms. The molecule has 0 spiro atoms. The molecule has 2 aliphatic heterocycles. The Morgan fingerprint density at radius 3 is 2.76 bits per heavy atom. The van der Waals surface area contributed by atoms with E-state index < -0.39 is 9.84 Å². The van der Waals surface area contributed by atoms with Gasteiger partial charge < -0.3 is 5.73 Å². The molecule has 0 bridgehead atoms. The highest BCUT2D eigenvalue weighted by molar-refractivity contribution is 7.99. The predicted octanol–water partition coefficient (Wildman–Crippen LogP) is 0.331. The van der Waals surface area contributed by atoms with E-state index in [1.54, 1.807) is 0 Å². The molecule has 2 N–H and O–H groups in total. The molecule has 0 aliphatic carbocycles. The highest BCUT2D eigenvalue weighted by atomic mass is 32.2. The molecule has 0 aromatic carbocycles. The van der Waals surface area contributed by atoms with Crippen molar-refractivity contribution in [3.63, 3.8) is 0 Å². The van der Waals surface area contributed by atoms with E-state index in [4.69, 9.17) is 5.73 Å². The van der Waals surface area contributed by atoms with Crippen LogP contribution in [0.4, 0.5) is 0 Å². The Hall–Kier alpha value is 0.220. The fraction of sp³-hybridized carbons (Fsp3) is 1.00. The monoisotopic (exact) mass is 278 g/mol. The second-order valence-electron chi connectivity index (χ2n) is 5.08. The first-order chi connectivity index (χ1) is 8.08. The molecule has 2 heterocycles. The molecule has 2 aliphatic rings. The van der Waals surface area contributed by atoms with Crippen LogP contribution in [-0.4, -0.2) is 61.5 Å². The summed E-state index contributed by atoms with van der Waals surface area (Å²) in [5, 5.41) is 0. The summed E-state index contributed by atoms with van der Waals surface area (Å²) in [7, 11) is -2.89. The second-order valence-corrected chi connectivity index (χ2v) is 8.49. The Kier molecular flexibility index (Phi) is 4.39. The zero-order valence-electron chi connectivity index (χ0n) is 10.2. The van der Waals surface area contributed by atoms with Crippen LogP contribution >= 0.6 is 11.8 Å². The summed E-state index contributed by atoms with van der Waals surface area (Å²) in [6.45, 7) is 2.45. The Balaban J connectivity index is 2.17. The molecule has 1 unspecified atom stereocenters. The maximum atomic E-state index is 11.9. The number of thioether (sulfide) groups is 1. The first kappa shape index (κ1) is 13.6. The lowest BCUT2D eigenvalue weighted by molar-refractivity contribution is 0.109. The van der Waals surface area contributed by atoms with Crippen LogP contribution in [0.15, 0.2) is 0 Å². The molecular weight excluding hydrogens is 256 g/mol. The Morgan fingerprint density at radius 2 is 2.06 bits per heavy atom. The number of sulfone groups is 1. The fourth-order valence-corrected chi connectivity index (χ4v) is 5.81. The molecule has 2 rings (SSSR count). The van der Waals surface area contributed by atoms with Gasteiger partial charge in [-0.25, -0.2) is 8.42 Å². The van der Waals surface area contributed by atoms with Crippen LogP contribution in [0.1, 0.15) is 19.3 Å². The van der Waals surface area contributed by atoms with Crippen molar-refractivity contribution in [3.05, 3.63) is 0 Å². The lowest BCUT2D eigenvalue weighted by Crippen LogP contribution is -2.60. The van der Waals surface area contributed by atoms with Crippen molar-refractivity contribution in [2.45, 2.75) is 24.8 Å². The zero-order chi connectivity index (χ0) is 12.4. The fourth-order valence-electron chi connectivity index (χ4n) is 2.93. The smallest absolute Gasteiger partial charge is 0.152 e. The van der Waals surface area contributed by atoms with Crippen molar-refractivity contribution in [2.75, 3.05) is 42.6 Å². The molecular formula is C11H22N2O2S2. The van der Waals surface area contributed by atoms with Crippen molar-refractivity contribution in [2.24, 2.45) is 5.73 Å². The average Bonchev–Trinajstić information content (AvgIpc) is 2.56. The van der Waals surface area contributed by atoms with Gasteiger partial charge >= 0.3 is 0 Å². The van der Waals surface area contributed by atoms with Gasteiger partial charge in [-0.15, -0.1) is 0 Å². The molecule has 0 aromatic heterocycles. The van der Waals surface area contributed by atoms with Gasteiger partial charge in [0.05, 0.1) is 11.5 Å². The van der Waals surface area contributed by atoms with E-state index in [1.807, 2.05) is 11.8 Å². The van der Waals surface area contributed by atoms with Gasteiger partial charge in [0, 0.05) is 24.4 Å². The van der Waals surface area contributed by atoms with E-state index in [0.29, 0.717) is 12.3 Å². The van der Waals surface area contributed by atoms with Gasteiger partial charge in [0.1, 0.15) is 0 Å². The minimum Gasteiger partial charge on any atom is -0.329 e. The van der Waals surface area contributed by atoms with Crippen LogP contribution in [0, 0.1) is 0 Å². The van der Waals surface area contributed by atoms with Crippen LogP contribution in [-0.2, 0) is 9.84 Å². The van der Waals surface area contributed by atoms with Gasteiger partial charge in [-0.2, -0.15) is 11.8 Å². The second kappa shape index (κ2) is 5.47. The summed E-state index contributed by atoms with van der Waals surface area (Å²) in [6, 6.07) is 0. The number of nitrogens with two attached hydrogens (primary N) is 1. The quantitative estimate of drug-likeness (QED) is 0.789. The highest BCUT2D eigenvalue weighted by Gasteiger charge is 2.42. The van der Waals surface area contributed by atoms with Crippen molar-refractivity contribution in [3.8, 4) is 0 Å². The van der Waals surface area contributed by atoms with Crippen molar-refractivity contribution in [1.29, 1.82) is 0 Å². The van der Waals surface area contributed by atoms with Crippen molar-refractivity contribution < 1.29 is 8.42 Å². The lowest BCUT2D eigenvalue weighted by Gasteiger charge is -2.45. The molecule has 100 valence electrons. The largest absolute Gasteiger partial charge is 0.329 e. The zero-order valence-corrected chi connectivity index (χ0v) is 11.9. The molecule has 0 amide bonds. The van der Waals surface area contributed by atoms with E-state index in [2.05, 4.69) is 4.90 Å².